The van der Waals surface area contributed by atoms with E-state index in [2.05, 4.69) is 0 Å². The van der Waals surface area contributed by atoms with Gasteiger partial charge in [0.2, 0.25) is 5.91 Å². The molecule has 14 nitrogen and oxygen atoms in total. The number of carbonyl (C=O) groups is 5. The maximum absolute atomic E-state index is 13.7. The Hall–Kier alpha value is -3.59. The molecule has 1 aromatic carbocycles. The number of rotatable bonds is 9. The van der Waals surface area contributed by atoms with Crippen molar-refractivity contribution < 1.29 is 43.3 Å². The van der Waals surface area contributed by atoms with Crippen LogP contribution in [-0.4, -0.2) is 155 Å². The second kappa shape index (κ2) is 17.8. The van der Waals surface area contributed by atoms with Gasteiger partial charge in [0.15, 0.2) is 0 Å². The van der Waals surface area contributed by atoms with E-state index < -0.39 is 22.8 Å². The van der Waals surface area contributed by atoms with Gasteiger partial charge in [-0.25, -0.2) is 4.79 Å². The van der Waals surface area contributed by atoms with Crippen molar-refractivity contribution in [3.63, 3.8) is 0 Å². The fraction of sp³-hybridized carbons (Fsp3) is 0.703. The van der Waals surface area contributed by atoms with Crippen molar-refractivity contribution in [2.24, 2.45) is 0 Å². The summed E-state index contributed by atoms with van der Waals surface area (Å²) >= 11 is 0. The fourth-order valence-electron chi connectivity index (χ4n) is 5.88. The van der Waals surface area contributed by atoms with Gasteiger partial charge in [-0.05, 0) is 85.6 Å². The molecule has 0 bridgehead atoms. The lowest BCUT2D eigenvalue weighted by Crippen LogP contribution is -2.50. The van der Waals surface area contributed by atoms with Gasteiger partial charge < -0.3 is 24.2 Å². The molecule has 1 fully saturated rings. The lowest BCUT2D eigenvalue weighted by Gasteiger charge is -2.34. The molecular formula is C37H59N5O9. The van der Waals surface area contributed by atoms with Gasteiger partial charge in [-0.2, -0.15) is 0 Å². The topological polar surface area (TPSA) is 149 Å². The zero-order valence-electron chi connectivity index (χ0n) is 32.1. The number of nitrogens with zero attached hydrogens (tertiary/aromatic N) is 5. The minimum Gasteiger partial charge on any atom is -0.478 e. The minimum atomic E-state index is -1.01. The molecule has 0 radical (unpaired) electrons. The number of carboxylic acid groups (broad SMARTS) is 1. The highest BCUT2D eigenvalue weighted by Gasteiger charge is 2.29. The first-order chi connectivity index (χ1) is 23.5. The number of hydrogen-bond donors (Lipinski definition) is 1. The van der Waals surface area contributed by atoms with Crippen LogP contribution in [0.5, 0.6) is 0 Å². The molecule has 286 valence electrons. The average molecular weight is 718 g/mol. The molecule has 51 heavy (non-hydrogen) atoms. The van der Waals surface area contributed by atoms with E-state index in [0.29, 0.717) is 65.4 Å². The predicted octanol–water partition coefficient (Wildman–Crippen LogP) is 2.47. The van der Waals surface area contributed by atoms with Crippen LogP contribution >= 0.6 is 0 Å². The first-order valence-corrected chi connectivity index (χ1v) is 17.7. The van der Waals surface area contributed by atoms with E-state index in [4.69, 9.17) is 14.2 Å². The van der Waals surface area contributed by atoms with Crippen molar-refractivity contribution in [2.75, 3.05) is 78.5 Å². The van der Waals surface area contributed by atoms with E-state index in [1.54, 1.807) is 23.1 Å². The quantitative estimate of drug-likeness (QED) is 0.295. The van der Waals surface area contributed by atoms with Gasteiger partial charge in [0.05, 0.1) is 31.7 Å². The molecule has 2 heterocycles. The Balaban J connectivity index is 1.82. The Bertz CT molecular complexity index is 1350. The summed E-state index contributed by atoms with van der Waals surface area (Å²) in [6.07, 6.45) is 0. The van der Waals surface area contributed by atoms with E-state index in [9.17, 15) is 29.1 Å². The van der Waals surface area contributed by atoms with Crippen molar-refractivity contribution in [3.8, 4) is 0 Å². The molecule has 14 heteroatoms. The van der Waals surface area contributed by atoms with E-state index in [0.717, 1.165) is 11.1 Å². The third-order valence-corrected chi connectivity index (χ3v) is 8.14. The summed E-state index contributed by atoms with van der Waals surface area (Å²) in [4.78, 5) is 73.7. The van der Waals surface area contributed by atoms with E-state index in [1.807, 2.05) is 81.9 Å². The number of ether oxygens (including phenoxy) is 3. The summed E-state index contributed by atoms with van der Waals surface area (Å²) in [6, 6.07) is 4.94. The monoisotopic (exact) mass is 717 g/mol. The van der Waals surface area contributed by atoms with Gasteiger partial charge in [-0.3, -0.25) is 38.8 Å². The SMILES string of the molecule is CC(C)(C)OC(=O)CN1CCN(CC(=O)OC(C)(C)C)CCN(CC(=O)N2Cc3ccc(C(=O)O)cc3C2)CCN(CC(=O)OC(C)(C)C)CC1. The first kappa shape index (κ1) is 41.8. The van der Waals surface area contributed by atoms with Crippen LogP contribution in [0.25, 0.3) is 0 Å². The Morgan fingerprint density at radius 1 is 0.549 bits per heavy atom. The largest absolute Gasteiger partial charge is 0.478 e. The summed E-state index contributed by atoms with van der Waals surface area (Å²) in [7, 11) is 0. The summed E-state index contributed by atoms with van der Waals surface area (Å²) < 4.78 is 16.9. The molecule has 0 saturated carbocycles. The summed E-state index contributed by atoms with van der Waals surface area (Å²) in [6.45, 7) is 20.9. The molecule has 1 saturated heterocycles. The minimum absolute atomic E-state index is 0.0391. The molecule has 1 aromatic rings. The van der Waals surface area contributed by atoms with Gasteiger partial charge >= 0.3 is 23.9 Å². The van der Waals surface area contributed by atoms with Gasteiger partial charge in [-0.15, -0.1) is 0 Å². The second-order valence-corrected chi connectivity index (χ2v) is 16.4. The highest BCUT2D eigenvalue weighted by atomic mass is 16.6. The molecule has 0 aliphatic carbocycles. The normalized spacial score (nSPS) is 17.9. The Morgan fingerprint density at radius 2 is 0.882 bits per heavy atom. The van der Waals surface area contributed by atoms with Crippen molar-refractivity contribution in [2.45, 2.75) is 92.2 Å². The van der Waals surface area contributed by atoms with Gasteiger partial charge in [-0.1, -0.05) is 6.07 Å². The van der Waals surface area contributed by atoms with Crippen LogP contribution in [0.3, 0.4) is 0 Å². The molecule has 2 aliphatic rings. The standard InChI is InChI=1S/C37H59N5O9/c1-35(2,3)49-31(44)24-39-14-12-38(23-30(43)42-21-28-11-10-27(34(47)48)20-29(28)22-42)13-15-40(25-32(45)50-36(4,5)6)17-19-41(18-16-39)26-33(46)51-37(7,8)9/h10-11,20H,12-19,21-26H2,1-9H3,(H,47,48). The van der Waals surface area contributed by atoms with Crippen molar-refractivity contribution in [3.05, 3.63) is 34.9 Å². The fourth-order valence-corrected chi connectivity index (χ4v) is 5.88. The first-order valence-electron chi connectivity index (χ1n) is 17.7. The lowest BCUT2D eigenvalue weighted by molar-refractivity contribution is -0.158. The maximum atomic E-state index is 13.7. The van der Waals surface area contributed by atoms with Crippen LogP contribution in [0.1, 0.15) is 83.8 Å². The number of hydrogen-bond acceptors (Lipinski definition) is 12. The molecule has 2 aliphatic heterocycles. The zero-order chi connectivity index (χ0) is 38.1. The van der Waals surface area contributed by atoms with Crippen LogP contribution in [0.15, 0.2) is 18.2 Å². The van der Waals surface area contributed by atoms with Gasteiger partial charge in [0.25, 0.3) is 0 Å². The Labute approximate surface area is 302 Å². The van der Waals surface area contributed by atoms with E-state index in [1.165, 1.54) is 0 Å². The number of aromatic carboxylic acids is 1. The molecule has 1 amide bonds. The number of fused-ring (bicyclic) bond motifs is 1. The van der Waals surface area contributed by atoms with Crippen LogP contribution < -0.4 is 0 Å². The lowest BCUT2D eigenvalue weighted by atomic mass is 10.1. The summed E-state index contributed by atoms with van der Waals surface area (Å²) in [5, 5.41) is 9.42. The molecule has 3 rings (SSSR count). The average Bonchev–Trinajstić information content (AvgIpc) is 3.39. The smallest absolute Gasteiger partial charge is 0.335 e. The van der Waals surface area contributed by atoms with Gasteiger partial charge in [0, 0.05) is 65.4 Å². The van der Waals surface area contributed by atoms with Crippen LogP contribution in [0, 0.1) is 0 Å². The van der Waals surface area contributed by atoms with E-state index >= 15 is 0 Å². The number of esters is 3. The molecular weight excluding hydrogens is 658 g/mol. The molecule has 0 aromatic heterocycles. The predicted molar refractivity (Wildman–Crippen MR) is 191 cm³/mol. The number of benzene rings is 1. The molecule has 0 spiro atoms. The zero-order valence-corrected chi connectivity index (χ0v) is 32.1. The van der Waals surface area contributed by atoms with Crippen LogP contribution in [0.4, 0.5) is 0 Å². The van der Waals surface area contributed by atoms with Gasteiger partial charge in [0.1, 0.15) is 16.8 Å². The second-order valence-electron chi connectivity index (χ2n) is 16.4. The number of amides is 1. The number of carboxylic acids is 1. The highest BCUT2D eigenvalue weighted by molar-refractivity contribution is 5.88. The number of carbonyl (C=O) groups excluding carboxylic acids is 4. The Morgan fingerprint density at radius 3 is 1.22 bits per heavy atom. The van der Waals surface area contributed by atoms with Crippen LogP contribution in [0.2, 0.25) is 0 Å². The summed E-state index contributed by atoms with van der Waals surface area (Å²) in [5.74, 6) is -2.21. The third kappa shape index (κ3) is 15.7. The molecule has 0 atom stereocenters. The highest BCUT2D eigenvalue weighted by Crippen LogP contribution is 2.24. The van der Waals surface area contributed by atoms with E-state index in [-0.39, 0.29) is 55.6 Å². The van der Waals surface area contributed by atoms with Crippen molar-refractivity contribution in [1.29, 1.82) is 0 Å². The summed E-state index contributed by atoms with van der Waals surface area (Å²) in [5.41, 5.74) is -0.0205. The van der Waals surface area contributed by atoms with Crippen molar-refractivity contribution in [1.82, 2.24) is 24.5 Å². The maximum Gasteiger partial charge on any atom is 0.335 e. The Kier molecular flexibility index (Phi) is 14.6. The molecule has 1 N–H and O–H groups in total. The molecule has 0 unspecified atom stereocenters. The van der Waals surface area contributed by atoms with Crippen molar-refractivity contribution >= 4 is 29.8 Å². The third-order valence-electron chi connectivity index (χ3n) is 8.14. The van der Waals surface area contributed by atoms with Crippen LogP contribution in [-0.2, 0) is 46.5 Å².